The number of nitrogens with zero attached hydrogens (tertiary/aromatic N) is 1. The Morgan fingerprint density at radius 2 is 2.08 bits per heavy atom. The molecule has 1 aromatic carbocycles. The molecule has 1 aliphatic rings. The molecule has 1 aliphatic heterocycles. The molecule has 3 rings (SSSR count). The maximum absolute atomic E-state index is 14.1. The van der Waals surface area contributed by atoms with Gasteiger partial charge in [-0.15, -0.1) is 12.4 Å². The zero-order chi connectivity index (χ0) is 17.8. The Kier molecular flexibility index (Phi) is 7.43. The summed E-state index contributed by atoms with van der Waals surface area (Å²) >= 11 is 5.71. The minimum absolute atomic E-state index is 0. The van der Waals surface area contributed by atoms with Gasteiger partial charge in [-0.2, -0.15) is 0 Å². The number of ether oxygens (including phenoxy) is 2. The van der Waals surface area contributed by atoms with Gasteiger partial charge < -0.3 is 14.8 Å². The van der Waals surface area contributed by atoms with E-state index in [4.69, 9.17) is 21.1 Å². The van der Waals surface area contributed by atoms with Crippen LogP contribution in [-0.2, 0) is 0 Å². The van der Waals surface area contributed by atoms with Crippen molar-refractivity contribution in [2.75, 3.05) is 19.7 Å². The summed E-state index contributed by atoms with van der Waals surface area (Å²) in [5, 5.41) is 3.09. The van der Waals surface area contributed by atoms with Gasteiger partial charge in [0.15, 0.2) is 17.4 Å². The first-order chi connectivity index (χ1) is 12.0. The lowest BCUT2D eigenvalue weighted by atomic mass is 10.0. The van der Waals surface area contributed by atoms with Gasteiger partial charge in [-0.3, -0.25) is 0 Å². The number of pyridine rings is 1. The van der Waals surface area contributed by atoms with E-state index in [0.717, 1.165) is 38.1 Å². The summed E-state index contributed by atoms with van der Waals surface area (Å²) < 4.78 is 39.2. The first-order valence-corrected chi connectivity index (χ1v) is 8.55. The van der Waals surface area contributed by atoms with Crippen molar-refractivity contribution < 1.29 is 18.3 Å². The standard InChI is InChI=1S/C18H19ClF2N2O2.ClH/c1-11-4-7-15(24-10-12-3-2-8-22-9-12)18(23-11)25-17-14(20)6-5-13(19)16(17)21;/h4-7,12,22H,2-3,8-10H2,1H3;1H/t12-;/m0./s1. The molecular weight excluding hydrogens is 385 g/mol. The smallest absolute Gasteiger partial charge is 0.262 e. The van der Waals surface area contributed by atoms with Gasteiger partial charge in [0.25, 0.3) is 5.88 Å². The van der Waals surface area contributed by atoms with Crippen LogP contribution in [0.25, 0.3) is 0 Å². The molecule has 1 atom stereocenters. The van der Waals surface area contributed by atoms with Crippen LogP contribution in [0, 0.1) is 24.5 Å². The van der Waals surface area contributed by atoms with Gasteiger partial charge in [0.05, 0.1) is 11.6 Å². The third kappa shape index (κ3) is 4.96. The first-order valence-electron chi connectivity index (χ1n) is 8.17. The highest BCUT2D eigenvalue weighted by molar-refractivity contribution is 6.30. The lowest BCUT2D eigenvalue weighted by Crippen LogP contribution is -2.33. The fourth-order valence-electron chi connectivity index (χ4n) is 2.68. The Bertz CT molecular complexity index is 756. The molecule has 0 aliphatic carbocycles. The molecule has 0 unspecified atom stereocenters. The van der Waals surface area contributed by atoms with Crippen molar-refractivity contribution in [2.24, 2.45) is 5.92 Å². The predicted octanol–water partition coefficient (Wildman–Crippen LogP) is 4.91. The summed E-state index contributed by atoms with van der Waals surface area (Å²) in [7, 11) is 0. The van der Waals surface area contributed by atoms with Crippen LogP contribution in [-0.4, -0.2) is 24.7 Å². The lowest BCUT2D eigenvalue weighted by Gasteiger charge is -2.23. The highest BCUT2D eigenvalue weighted by Gasteiger charge is 2.20. The highest BCUT2D eigenvalue weighted by atomic mass is 35.5. The Morgan fingerprint density at radius 1 is 1.27 bits per heavy atom. The maximum atomic E-state index is 14.1. The summed E-state index contributed by atoms with van der Waals surface area (Å²) in [6.07, 6.45) is 2.17. The minimum atomic E-state index is -0.965. The second-order valence-corrected chi connectivity index (χ2v) is 6.46. The number of piperidine rings is 1. The van der Waals surface area contributed by atoms with Crippen LogP contribution in [0.15, 0.2) is 24.3 Å². The fraction of sp³-hybridized carbons (Fsp3) is 0.389. The predicted molar refractivity (Wildman–Crippen MR) is 98.8 cm³/mol. The third-order valence-corrected chi connectivity index (χ3v) is 4.33. The van der Waals surface area contributed by atoms with Crippen LogP contribution in [0.1, 0.15) is 18.5 Å². The van der Waals surface area contributed by atoms with Gasteiger partial charge in [0.1, 0.15) is 0 Å². The molecule has 8 heteroatoms. The van der Waals surface area contributed by atoms with Crippen molar-refractivity contribution in [3.8, 4) is 17.4 Å². The van der Waals surface area contributed by atoms with E-state index >= 15 is 0 Å². The van der Waals surface area contributed by atoms with E-state index in [2.05, 4.69) is 10.3 Å². The van der Waals surface area contributed by atoms with Gasteiger partial charge in [0, 0.05) is 18.2 Å². The van der Waals surface area contributed by atoms with Gasteiger partial charge >= 0.3 is 0 Å². The number of hydrogen-bond acceptors (Lipinski definition) is 4. The molecule has 26 heavy (non-hydrogen) atoms. The van der Waals surface area contributed by atoms with E-state index in [1.165, 1.54) is 0 Å². The Morgan fingerprint density at radius 3 is 2.81 bits per heavy atom. The Hall–Kier alpha value is -1.63. The van der Waals surface area contributed by atoms with Crippen molar-refractivity contribution in [2.45, 2.75) is 19.8 Å². The van der Waals surface area contributed by atoms with Crippen molar-refractivity contribution in [1.82, 2.24) is 10.3 Å². The van der Waals surface area contributed by atoms with Gasteiger partial charge in [-0.1, -0.05) is 11.6 Å². The average Bonchev–Trinajstić information content (AvgIpc) is 2.62. The summed E-state index contributed by atoms with van der Waals surface area (Å²) in [5.74, 6) is -1.67. The number of nitrogens with one attached hydrogen (secondary N) is 1. The second-order valence-electron chi connectivity index (χ2n) is 6.05. The van der Waals surface area contributed by atoms with Crippen molar-refractivity contribution in [3.05, 3.63) is 46.6 Å². The van der Waals surface area contributed by atoms with E-state index in [-0.39, 0.29) is 23.3 Å². The van der Waals surface area contributed by atoms with E-state index in [1.807, 2.05) is 0 Å². The summed E-state index contributed by atoms with van der Waals surface area (Å²) in [5.41, 5.74) is 0.643. The number of rotatable bonds is 5. The van der Waals surface area contributed by atoms with Crippen LogP contribution in [0.2, 0.25) is 5.02 Å². The molecule has 2 aromatic rings. The van der Waals surface area contributed by atoms with Crippen LogP contribution in [0.5, 0.6) is 17.4 Å². The van der Waals surface area contributed by atoms with Gasteiger partial charge in [0.2, 0.25) is 5.75 Å². The van der Waals surface area contributed by atoms with E-state index in [0.29, 0.717) is 24.0 Å². The van der Waals surface area contributed by atoms with Crippen LogP contribution >= 0.6 is 24.0 Å². The zero-order valence-corrected chi connectivity index (χ0v) is 15.8. The molecule has 0 spiro atoms. The molecule has 1 aromatic heterocycles. The molecule has 0 saturated carbocycles. The summed E-state index contributed by atoms with van der Waals surface area (Å²) in [4.78, 5) is 4.20. The molecule has 0 radical (unpaired) electrons. The molecule has 1 fully saturated rings. The van der Waals surface area contributed by atoms with Crippen molar-refractivity contribution in [3.63, 3.8) is 0 Å². The molecule has 4 nitrogen and oxygen atoms in total. The van der Waals surface area contributed by atoms with Gasteiger partial charge in [-0.25, -0.2) is 13.8 Å². The highest BCUT2D eigenvalue weighted by Crippen LogP contribution is 2.35. The zero-order valence-electron chi connectivity index (χ0n) is 14.2. The second kappa shape index (κ2) is 9.35. The number of aryl methyl sites for hydroxylation is 1. The SMILES string of the molecule is Cc1ccc(OC[C@H]2CCCNC2)c(Oc2c(F)ccc(Cl)c2F)n1.Cl. The number of aromatic nitrogens is 1. The average molecular weight is 405 g/mol. The van der Waals surface area contributed by atoms with Crippen LogP contribution in [0.3, 0.4) is 0 Å². The Balaban J connectivity index is 0.00000243. The maximum Gasteiger partial charge on any atom is 0.262 e. The fourth-order valence-corrected chi connectivity index (χ4v) is 2.82. The molecular formula is C18H20Cl2F2N2O2. The normalized spacial score (nSPS) is 16.7. The number of benzene rings is 1. The van der Waals surface area contributed by atoms with Gasteiger partial charge in [-0.05, 0) is 50.6 Å². The van der Waals surface area contributed by atoms with E-state index in [9.17, 15) is 8.78 Å². The summed E-state index contributed by atoms with van der Waals surface area (Å²) in [6.45, 7) is 4.14. The number of hydrogen-bond donors (Lipinski definition) is 1. The molecule has 1 N–H and O–H groups in total. The largest absolute Gasteiger partial charge is 0.488 e. The molecule has 0 bridgehead atoms. The molecule has 0 amide bonds. The first kappa shape index (κ1) is 20.7. The lowest BCUT2D eigenvalue weighted by molar-refractivity contribution is 0.211. The quantitative estimate of drug-likeness (QED) is 0.718. The van der Waals surface area contributed by atoms with E-state index in [1.54, 1.807) is 19.1 Å². The monoisotopic (exact) mass is 404 g/mol. The topological polar surface area (TPSA) is 43.4 Å². The van der Waals surface area contributed by atoms with Crippen molar-refractivity contribution in [1.29, 1.82) is 0 Å². The van der Waals surface area contributed by atoms with Crippen LogP contribution < -0.4 is 14.8 Å². The Labute approximate surface area is 162 Å². The third-order valence-electron chi connectivity index (χ3n) is 4.04. The number of halogens is 4. The molecule has 1 saturated heterocycles. The minimum Gasteiger partial charge on any atom is -0.488 e. The molecule has 2 heterocycles. The van der Waals surface area contributed by atoms with E-state index < -0.39 is 17.4 Å². The van der Waals surface area contributed by atoms with Crippen LogP contribution in [0.4, 0.5) is 8.78 Å². The van der Waals surface area contributed by atoms with Crippen molar-refractivity contribution >= 4 is 24.0 Å². The summed E-state index contributed by atoms with van der Waals surface area (Å²) in [6, 6.07) is 5.63. The molecule has 142 valence electrons.